The summed E-state index contributed by atoms with van der Waals surface area (Å²) >= 11 is 0. The number of carbonyl (C=O) groups is 1. The molecule has 0 radical (unpaired) electrons. The van der Waals surface area contributed by atoms with E-state index >= 15 is 0 Å². The third-order valence-electron chi connectivity index (χ3n) is 4.01. The normalized spacial score (nSPS) is 10.5. The number of ether oxygens (including phenoxy) is 3. The largest absolute Gasteiger partial charge is 0.497 e. The number of anilines is 1. The second-order valence-corrected chi connectivity index (χ2v) is 5.91. The number of halogens is 1. The van der Waals surface area contributed by atoms with Gasteiger partial charge in [0, 0.05) is 37.5 Å². The Morgan fingerprint density at radius 2 is 1.67 bits per heavy atom. The van der Waals surface area contributed by atoms with Crippen molar-refractivity contribution in [2.45, 2.75) is 6.92 Å². The van der Waals surface area contributed by atoms with Gasteiger partial charge in [-0.1, -0.05) is 0 Å². The Morgan fingerprint density at radius 3 is 2.27 bits per heavy atom. The van der Waals surface area contributed by atoms with E-state index in [1.54, 1.807) is 45.5 Å². The standard InChI is InChI=1S/C21H28N4O4.HI/c1-5-29-19-14-16(8-11-18(19)28-4)25-21(22-2)24-13-12-23-20(26)15-6-9-17(27-3)10-7-15;/h6-11,14H,5,12-13H2,1-4H3,(H,23,26)(H2,22,24,25);1H. The number of nitrogens with one attached hydrogen (secondary N) is 3. The molecule has 0 fully saturated rings. The summed E-state index contributed by atoms with van der Waals surface area (Å²) in [5.74, 6) is 2.47. The van der Waals surface area contributed by atoms with E-state index in [1.165, 1.54) is 0 Å². The predicted octanol–water partition coefficient (Wildman–Crippen LogP) is 3.14. The molecule has 0 unspecified atom stereocenters. The van der Waals surface area contributed by atoms with E-state index in [-0.39, 0.29) is 29.9 Å². The smallest absolute Gasteiger partial charge is 0.251 e. The Balaban J connectivity index is 0.00000450. The SMILES string of the molecule is CCOc1cc(NC(=NC)NCCNC(=O)c2ccc(OC)cc2)ccc1OC.I. The lowest BCUT2D eigenvalue weighted by Gasteiger charge is -2.15. The first kappa shape index (κ1) is 25.3. The molecule has 0 saturated carbocycles. The molecular weight excluding hydrogens is 499 g/mol. The quantitative estimate of drug-likeness (QED) is 0.201. The zero-order valence-corrected chi connectivity index (χ0v) is 20.0. The van der Waals surface area contributed by atoms with Gasteiger partial charge in [0.25, 0.3) is 5.91 Å². The van der Waals surface area contributed by atoms with Gasteiger partial charge in [0.15, 0.2) is 17.5 Å². The summed E-state index contributed by atoms with van der Waals surface area (Å²) in [6.45, 7) is 3.41. The molecule has 1 amide bonds. The van der Waals surface area contributed by atoms with Crippen molar-refractivity contribution in [1.82, 2.24) is 10.6 Å². The highest BCUT2D eigenvalue weighted by Gasteiger charge is 2.08. The van der Waals surface area contributed by atoms with Crippen LogP contribution in [0.2, 0.25) is 0 Å². The monoisotopic (exact) mass is 528 g/mol. The maximum atomic E-state index is 12.2. The molecule has 3 N–H and O–H groups in total. The average Bonchev–Trinajstić information content (AvgIpc) is 2.76. The first-order valence-electron chi connectivity index (χ1n) is 9.32. The summed E-state index contributed by atoms with van der Waals surface area (Å²) in [6.07, 6.45) is 0. The zero-order valence-electron chi connectivity index (χ0n) is 17.7. The van der Waals surface area contributed by atoms with E-state index < -0.39 is 0 Å². The fourth-order valence-corrected chi connectivity index (χ4v) is 2.54. The number of rotatable bonds is 9. The highest BCUT2D eigenvalue weighted by molar-refractivity contribution is 14.0. The van der Waals surface area contributed by atoms with E-state index in [2.05, 4.69) is 20.9 Å². The Kier molecular flexibility index (Phi) is 11.4. The van der Waals surface area contributed by atoms with Crippen LogP contribution >= 0.6 is 24.0 Å². The van der Waals surface area contributed by atoms with Crippen LogP contribution in [0, 0.1) is 0 Å². The first-order valence-corrected chi connectivity index (χ1v) is 9.32. The molecule has 0 aromatic heterocycles. The summed E-state index contributed by atoms with van der Waals surface area (Å²) < 4.78 is 16.0. The van der Waals surface area contributed by atoms with Crippen LogP contribution in [0.4, 0.5) is 5.69 Å². The van der Waals surface area contributed by atoms with E-state index in [0.29, 0.717) is 48.5 Å². The molecule has 0 heterocycles. The minimum Gasteiger partial charge on any atom is -0.497 e. The van der Waals surface area contributed by atoms with Gasteiger partial charge in [-0.25, -0.2) is 0 Å². The summed E-state index contributed by atoms with van der Waals surface area (Å²) in [5.41, 5.74) is 1.39. The average molecular weight is 528 g/mol. The van der Waals surface area contributed by atoms with Gasteiger partial charge in [-0.15, -0.1) is 24.0 Å². The van der Waals surface area contributed by atoms with E-state index in [9.17, 15) is 4.79 Å². The van der Waals surface area contributed by atoms with Crippen LogP contribution in [-0.4, -0.2) is 52.8 Å². The van der Waals surface area contributed by atoms with Gasteiger partial charge >= 0.3 is 0 Å². The second kappa shape index (κ2) is 13.5. The predicted molar refractivity (Wildman–Crippen MR) is 130 cm³/mol. The molecule has 0 bridgehead atoms. The third-order valence-corrected chi connectivity index (χ3v) is 4.01. The van der Waals surface area contributed by atoms with Gasteiger partial charge in [0.1, 0.15) is 5.75 Å². The number of hydrogen-bond donors (Lipinski definition) is 3. The van der Waals surface area contributed by atoms with E-state index in [4.69, 9.17) is 14.2 Å². The molecule has 2 aromatic carbocycles. The first-order chi connectivity index (χ1) is 14.1. The lowest BCUT2D eigenvalue weighted by atomic mass is 10.2. The lowest BCUT2D eigenvalue weighted by molar-refractivity contribution is 0.0954. The zero-order chi connectivity index (χ0) is 21.1. The molecule has 8 nitrogen and oxygen atoms in total. The van der Waals surface area contributed by atoms with Crippen molar-refractivity contribution in [3.63, 3.8) is 0 Å². The number of methoxy groups -OCH3 is 2. The Bertz CT molecular complexity index is 828. The summed E-state index contributed by atoms with van der Waals surface area (Å²) in [6, 6.07) is 12.5. The minimum absolute atomic E-state index is 0. The molecule has 0 aliphatic rings. The van der Waals surface area contributed by atoms with Gasteiger partial charge in [0.2, 0.25) is 0 Å². The number of benzene rings is 2. The molecule has 30 heavy (non-hydrogen) atoms. The number of carbonyl (C=O) groups excluding carboxylic acids is 1. The second-order valence-electron chi connectivity index (χ2n) is 5.91. The van der Waals surface area contributed by atoms with Crippen LogP contribution in [-0.2, 0) is 0 Å². The van der Waals surface area contributed by atoms with Gasteiger partial charge in [0.05, 0.1) is 20.8 Å². The molecule has 0 spiro atoms. The maximum absolute atomic E-state index is 12.2. The number of hydrogen-bond acceptors (Lipinski definition) is 5. The summed E-state index contributed by atoms with van der Waals surface area (Å²) in [7, 11) is 4.87. The van der Waals surface area contributed by atoms with E-state index in [0.717, 1.165) is 5.69 Å². The third kappa shape index (κ3) is 7.62. The topological polar surface area (TPSA) is 93.2 Å². The molecule has 0 saturated heterocycles. The summed E-state index contributed by atoms with van der Waals surface area (Å²) in [5, 5.41) is 9.20. The number of guanidine groups is 1. The van der Waals surface area contributed by atoms with Gasteiger partial charge in [-0.05, 0) is 43.3 Å². The van der Waals surface area contributed by atoms with Crippen LogP contribution < -0.4 is 30.2 Å². The van der Waals surface area contributed by atoms with Gasteiger partial charge in [-0.3, -0.25) is 9.79 Å². The highest BCUT2D eigenvalue weighted by atomic mass is 127. The molecule has 0 aliphatic carbocycles. The van der Waals surface area contributed by atoms with Crippen molar-refractivity contribution in [3.05, 3.63) is 48.0 Å². The molecule has 9 heteroatoms. The molecule has 0 aliphatic heterocycles. The molecule has 2 rings (SSSR count). The number of aliphatic imine (C=N–C) groups is 1. The molecule has 2 aromatic rings. The van der Waals surface area contributed by atoms with Crippen molar-refractivity contribution in [2.24, 2.45) is 4.99 Å². The fourth-order valence-electron chi connectivity index (χ4n) is 2.54. The Morgan fingerprint density at radius 1 is 0.967 bits per heavy atom. The lowest BCUT2D eigenvalue weighted by Crippen LogP contribution is -2.37. The fraction of sp³-hybridized carbons (Fsp3) is 0.333. The molecule has 164 valence electrons. The molecular formula is C21H29IN4O4. The number of nitrogens with zero attached hydrogens (tertiary/aromatic N) is 1. The van der Waals surface area contributed by atoms with Crippen molar-refractivity contribution < 1.29 is 19.0 Å². The van der Waals surface area contributed by atoms with Crippen LogP contribution in [0.3, 0.4) is 0 Å². The van der Waals surface area contributed by atoms with E-state index in [1.807, 2.05) is 25.1 Å². The van der Waals surface area contributed by atoms with Gasteiger partial charge in [-0.2, -0.15) is 0 Å². The minimum atomic E-state index is -0.145. The highest BCUT2D eigenvalue weighted by Crippen LogP contribution is 2.30. The number of amides is 1. The van der Waals surface area contributed by atoms with Crippen molar-refractivity contribution >= 4 is 41.5 Å². The van der Waals surface area contributed by atoms with Crippen LogP contribution in [0.1, 0.15) is 17.3 Å². The Hall–Kier alpha value is -2.69. The molecule has 0 atom stereocenters. The Labute approximate surface area is 194 Å². The van der Waals surface area contributed by atoms with Crippen LogP contribution in [0.5, 0.6) is 17.2 Å². The maximum Gasteiger partial charge on any atom is 0.251 e. The van der Waals surface area contributed by atoms with Crippen molar-refractivity contribution in [2.75, 3.05) is 46.3 Å². The van der Waals surface area contributed by atoms with Gasteiger partial charge < -0.3 is 30.2 Å². The van der Waals surface area contributed by atoms with Crippen molar-refractivity contribution in [1.29, 1.82) is 0 Å². The summed E-state index contributed by atoms with van der Waals surface area (Å²) in [4.78, 5) is 16.3. The van der Waals surface area contributed by atoms with Crippen LogP contribution in [0.25, 0.3) is 0 Å². The van der Waals surface area contributed by atoms with Crippen molar-refractivity contribution in [3.8, 4) is 17.2 Å². The van der Waals surface area contributed by atoms with Crippen LogP contribution in [0.15, 0.2) is 47.5 Å².